The van der Waals surface area contributed by atoms with E-state index in [9.17, 15) is 19.5 Å². The number of carbonyl (C=O) groups excluding carboxylic acids is 5. The number of ether oxygens (including phenoxy) is 1. The summed E-state index contributed by atoms with van der Waals surface area (Å²) in [6.45, 7) is 0. The van der Waals surface area contributed by atoms with Gasteiger partial charge in [-0.1, -0.05) is 109 Å². The number of Topliss-reactive ketones (excluding diaryl/α,β-unsaturated/α-hetero) is 1. The Kier molecular flexibility index (Phi) is 8.49. The quantitative estimate of drug-likeness (QED) is 0.104. The van der Waals surface area contributed by atoms with Gasteiger partial charge in [0.05, 0.1) is 30.0 Å². The van der Waals surface area contributed by atoms with Crippen LogP contribution < -0.4 is 9.64 Å². The minimum atomic E-state index is -1.47. The Labute approximate surface area is 323 Å². The van der Waals surface area contributed by atoms with Crippen LogP contribution in [0, 0.1) is 23.7 Å². The summed E-state index contributed by atoms with van der Waals surface area (Å²) in [6, 6.07) is 38.7. The molecule has 8 heteroatoms. The summed E-state index contributed by atoms with van der Waals surface area (Å²) < 4.78 is 5.43. The zero-order valence-corrected chi connectivity index (χ0v) is 30.5. The maximum Gasteiger partial charge on any atom is 0.238 e. The van der Waals surface area contributed by atoms with Gasteiger partial charge >= 0.3 is 0 Å². The molecule has 9 rings (SSSR count). The number of nitrogens with zero attached hydrogens (tertiary/aromatic N) is 1. The van der Waals surface area contributed by atoms with E-state index in [0.29, 0.717) is 44.8 Å². The van der Waals surface area contributed by atoms with E-state index in [0.717, 1.165) is 5.57 Å². The molecule has 2 fully saturated rings. The summed E-state index contributed by atoms with van der Waals surface area (Å²) in [5.41, 5.74) is 2.57. The molecule has 6 atom stereocenters. The predicted octanol–water partition coefficient (Wildman–Crippen LogP) is 7.66. The number of ketones is 3. The van der Waals surface area contributed by atoms with E-state index >= 15 is 9.59 Å². The van der Waals surface area contributed by atoms with Crippen molar-refractivity contribution < 1.29 is 33.8 Å². The van der Waals surface area contributed by atoms with E-state index in [1.54, 1.807) is 72.8 Å². The van der Waals surface area contributed by atoms with Crippen LogP contribution in [0.4, 0.5) is 5.69 Å². The molecule has 6 unspecified atom stereocenters. The topological polar surface area (TPSA) is 118 Å². The minimum absolute atomic E-state index is 0.106. The van der Waals surface area contributed by atoms with Gasteiger partial charge in [-0.25, -0.2) is 0 Å². The van der Waals surface area contributed by atoms with Gasteiger partial charge in [0.15, 0.2) is 17.3 Å². The Morgan fingerprint density at radius 1 is 0.750 bits per heavy atom. The van der Waals surface area contributed by atoms with Crippen molar-refractivity contribution in [3.05, 3.63) is 179 Å². The van der Waals surface area contributed by atoms with Crippen molar-refractivity contribution >= 4 is 40.4 Å². The number of benzene rings is 5. The second-order valence-electron chi connectivity index (χ2n) is 15.0. The third-order valence-electron chi connectivity index (χ3n) is 12.3. The van der Waals surface area contributed by atoms with Gasteiger partial charge in [-0.2, -0.15) is 0 Å². The highest BCUT2D eigenvalue weighted by atomic mass is 16.5. The lowest BCUT2D eigenvalue weighted by molar-refractivity contribution is -0.135. The monoisotopic (exact) mass is 739 g/mol. The summed E-state index contributed by atoms with van der Waals surface area (Å²) in [5, 5.41) is 11.7. The number of imide groups is 1. The molecule has 8 nitrogen and oxygen atoms in total. The SMILES string of the molecule is COc1ccc(C2C3=CCC4C(=O)N(c5ccc(C(=O)c6ccccc6)cc5)C(=O)C4C3CC3C(=O)C(c4ccccc4)=CC(=O)C32c2ccccc2)c(O)c1. The van der Waals surface area contributed by atoms with Gasteiger partial charge in [-0.15, -0.1) is 0 Å². The third kappa shape index (κ3) is 5.23. The number of anilines is 1. The average molecular weight is 740 g/mol. The Morgan fingerprint density at radius 2 is 1.39 bits per heavy atom. The van der Waals surface area contributed by atoms with Crippen molar-refractivity contribution in [3.8, 4) is 11.5 Å². The highest BCUT2D eigenvalue weighted by Crippen LogP contribution is 2.64. The number of methoxy groups -OCH3 is 1. The van der Waals surface area contributed by atoms with Gasteiger partial charge in [0.25, 0.3) is 0 Å². The predicted molar refractivity (Wildman–Crippen MR) is 210 cm³/mol. The van der Waals surface area contributed by atoms with Crippen LogP contribution in [0.1, 0.15) is 51.4 Å². The zero-order valence-electron chi connectivity index (χ0n) is 30.5. The van der Waals surface area contributed by atoms with Gasteiger partial charge in [0.2, 0.25) is 11.8 Å². The summed E-state index contributed by atoms with van der Waals surface area (Å²) >= 11 is 0. The number of hydrogen-bond acceptors (Lipinski definition) is 7. The van der Waals surface area contributed by atoms with Crippen LogP contribution in [0.5, 0.6) is 11.5 Å². The van der Waals surface area contributed by atoms with E-state index in [-0.39, 0.29) is 41.8 Å². The summed E-state index contributed by atoms with van der Waals surface area (Å²) in [4.78, 5) is 73.7. The fourth-order valence-electron chi connectivity index (χ4n) is 9.89. The second kappa shape index (κ2) is 13.6. The fourth-order valence-corrected chi connectivity index (χ4v) is 9.89. The molecule has 1 N–H and O–H groups in total. The van der Waals surface area contributed by atoms with Crippen molar-refractivity contribution in [2.45, 2.75) is 24.2 Å². The molecular formula is C48H37NO7. The second-order valence-corrected chi connectivity index (χ2v) is 15.0. The first-order chi connectivity index (χ1) is 27.2. The van der Waals surface area contributed by atoms with E-state index in [1.807, 2.05) is 60.7 Å². The molecule has 276 valence electrons. The molecule has 2 amide bonds. The van der Waals surface area contributed by atoms with E-state index in [4.69, 9.17) is 4.74 Å². The number of allylic oxidation sites excluding steroid dienone is 4. The fraction of sp³-hybridized carbons (Fsp3) is 0.188. The lowest BCUT2D eigenvalue weighted by Crippen LogP contribution is -2.58. The van der Waals surface area contributed by atoms with Crippen molar-refractivity contribution in [1.82, 2.24) is 0 Å². The number of carbonyl (C=O) groups is 5. The molecule has 0 bridgehead atoms. The molecule has 1 saturated heterocycles. The van der Waals surface area contributed by atoms with Crippen LogP contribution in [-0.4, -0.2) is 41.4 Å². The first-order valence-corrected chi connectivity index (χ1v) is 18.8. The number of phenols is 1. The first kappa shape index (κ1) is 35.1. The number of aromatic hydroxyl groups is 1. The van der Waals surface area contributed by atoms with Crippen molar-refractivity contribution in [2.24, 2.45) is 23.7 Å². The molecule has 1 heterocycles. The van der Waals surface area contributed by atoms with Crippen molar-refractivity contribution in [1.29, 1.82) is 0 Å². The summed E-state index contributed by atoms with van der Waals surface area (Å²) in [6.07, 6.45) is 3.80. The van der Waals surface area contributed by atoms with Gasteiger partial charge in [-0.05, 0) is 66.3 Å². The summed E-state index contributed by atoms with van der Waals surface area (Å²) in [7, 11) is 1.50. The molecule has 5 aromatic rings. The number of amides is 2. The Morgan fingerprint density at radius 3 is 2.05 bits per heavy atom. The van der Waals surface area contributed by atoms with E-state index in [1.165, 1.54) is 24.2 Å². The maximum absolute atomic E-state index is 15.2. The van der Waals surface area contributed by atoms with Crippen LogP contribution in [0.15, 0.2) is 151 Å². The number of fused-ring (bicyclic) bond motifs is 4. The molecule has 4 aliphatic rings. The number of hydrogen-bond donors (Lipinski definition) is 1. The standard InChI is InChI=1S/C48H37NO7/c1-56-33-21-22-35(40(50)25-33)43-34-23-24-36-42(47(55)49(46(36)54)32-19-17-30(18-20-32)44(52)29-13-7-3-8-14-29)38(34)26-39-45(53)37(28-11-5-2-6-12-28)27-41(51)48(39,43)31-15-9-4-10-16-31/h2-23,25,27,36,38-39,42-43,50H,24,26H2,1H3. The molecule has 0 radical (unpaired) electrons. The average Bonchev–Trinajstić information content (AvgIpc) is 3.50. The van der Waals surface area contributed by atoms with Crippen LogP contribution in [-0.2, 0) is 24.6 Å². The molecule has 0 spiro atoms. The van der Waals surface area contributed by atoms with Gasteiger partial charge < -0.3 is 9.84 Å². The number of rotatable bonds is 7. The third-order valence-corrected chi connectivity index (χ3v) is 12.3. The first-order valence-electron chi connectivity index (χ1n) is 18.8. The smallest absolute Gasteiger partial charge is 0.238 e. The molecule has 1 aliphatic heterocycles. The largest absolute Gasteiger partial charge is 0.508 e. The molecule has 5 aromatic carbocycles. The molecular weight excluding hydrogens is 703 g/mol. The normalized spacial score (nSPS) is 25.4. The summed E-state index contributed by atoms with van der Waals surface area (Å²) in [5.74, 6) is -5.02. The lowest BCUT2D eigenvalue weighted by atomic mass is 9.44. The van der Waals surface area contributed by atoms with Crippen molar-refractivity contribution in [3.63, 3.8) is 0 Å². The van der Waals surface area contributed by atoms with E-state index in [2.05, 4.69) is 0 Å². The van der Waals surface area contributed by atoms with Crippen LogP contribution in [0.3, 0.4) is 0 Å². The minimum Gasteiger partial charge on any atom is -0.508 e. The highest BCUT2D eigenvalue weighted by Gasteiger charge is 2.66. The van der Waals surface area contributed by atoms with Gasteiger partial charge in [0, 0.05) is 40.2 Å². The van der Waals surface area contributed by atoms with Crippen molar-refractivity contribution in [2.75, 3.05) is 12.0 Å². The Bertz CT molecular complexity index is 2490. The van der Waals surface area contributed by atoms with E-state index < -0.39 is 40.9 Å². The van der Waals surface area contributed by atoms with Gasteiger partial charge in [0.1, 0.15) is 11.5 Å². The molecule has 1 saturated carbocycles. The Hall–Kier alpha value is -6.67. The Balaban J connectivity index is 1.18. The lowest BCUT2D eigenvalue weighted by Gasteiger charge is -2.55. The van der Waals surface area contributed by atoms with Crippen LogP contribution >= 0.6 is 0 Å². The van der Waals surface area contributed by atoms with Crippen LogP contribution in [0.2, 0.25) is 0 Å². The van der Waals surface area contributed by atoms with Crippen LogP contribution in [0.25, 0.3) is 5.57 Å². The highest BCUT2D eigenvalue weighted by molar-refractivity contribution is 6.32. The molecule has 0 aromatic heterocycles. The van der Waals surface area contributed by atoms with Gasteiger partial charge in [-0.3, -0.25) is 28.9 Å². The number of phenolic OH excluding ortho intramolecular Hbond substituents is 1. The zero-order chi connectivity index (χ0) is 38.7. The molecule has 3 aliphatic carbocycles. The molecule has 56 heavy (non-hydrogen) atoms. The maximum atomic E-state index is 15.2.